The molecule has 2 aromatic rings. The second kappa shape index (κ2) is 6.14. The Morgan fingerprint density at radius 1 is 1.25 bits per heavy atom. The molecule has 0 bridgehead atoms. The number of rotatable bonds is 4. The van der Waals surface area contributed by atoms with Crippen LogP contribution in [0.2, 0.25) is 5.02 Å². The van der Waals surface area contributed by atoms with Crippen molar-refractivity contribution in [2.75, 3.05) is 12.4 Å². The number of nitrogens with one attached hydrogen (secondary N) is 1. The molecular formula is C16H17ClFNO. The summed E-state index contributed by atoms with van der Waals surface area (Å²) in [4.78, 5) is 0. The number of hydrogen-bond donors (Lipinski definition) is 1. The molecule has 0 saturated carbocycles. The van der Waals surface area contributed by atoms with Gasteiger partial charge in [-0.05, 0) is 43.7 Å². The average Bonchev–Trinajstić information content (AvgIpc) is 2.42. The molecule has 0 aliphatic carbocycles. The minimum absolute atomic E-state index is 0.259. The van der Waals surface area contributed by atoms with Gasteiger partial charge in [0.15, 0.2) is 0 Å². The fourth-order valence-corrected chi connectivity index (χ4v) is 2.34. The van der Waals surface area contributed by atoms with Gasteiger partial charge in [0.1, 0.15) is 11.6 Å². The van der Waals surface area contributed by atoms with Crippen molar-refractivity contribution in [1.29, 1.82) is 0 Å². The van der Waals surface area contributed by atoms with Crippen molar-refractivity contribution < 1.29 is 9.13 Å². The predicted molar refractivity (Wildman–Crippen MR) is 81.2 cm³/mol. The van der Waals surface area contributed by atoms with Crippen molar-refractivity contribution in [3.63, 3.8) is 0 Å². The molecule has 0 heterocycles. The van der Waals surface area contributed by atoms with Crippen LogP contribution in [0.25, 0.3) is 0 Å². The van der Waals surface area contributed by atoms with Crippen LogP contribution in [0.4, 0.5) is 10.1 Å². The maximum Gasteiger partial charge on any atom is 0.132 e. The Balaban J connectivity index is 2.33. The van der Waals surface area contributed by atoms with Gasteiger partial charge in [0, 0.05) is 0 Å². The topological polar surface area (TPSA) is 21.3 Å². The molecule has 20 heavy (non-hydrogen) atoms. The summed E-state index contributed by atoms with van der Waals surface area (Å²) < 4.78 is 19.2. The van der Waals surface area contributed by atoms with E-state index in [0.717, 1.165) is 11.3 Å². The number of aryl methyl sites for hydroxylation is 1. The van der Waals surface area contributed by atoms with Crippen LogP contribution in [0, 0.1) is 12.7 Å². The molecule has 106 valence electrons. The average molecular weight is 294 g/mol. The summed E-state index contributed by atoms with van der Waals surface area (Å²) in [7, 11) is 1.53. The van der Waals surface area contributed by atoms with Gasteiger partial charge in [0.05, 0.1) is 29.4 Å². The van der Waals surface area contributed by atoms with E-state index in [0.29, 0.717) is 16.3 Å². The lowest BCUT2D eigenvalue weighted by Crippen LogP contribution is -2.10. The normalized spacial score (nSPS) is 12.1. The summed E-state index contributed by atoms with van der Waals surface area (Å²) in [6, 6.07) is 10.2. The zero-order valence-corrected chi connectivity index (χ0v) is 12.5. The van der Waals surface area contributed by atoms with E-state index in [-0.39, 0.29) is 11.9 Å². The van der Waals surface area contributed by atoms with Gasteiger partial charge in [-0.2, -0.15) is 0 Å². The second-order valence-corrected chi connectivity index (χ2v) is 5.11. The highest BCUT2D eigenvalue weighted by Gasteiger charge is 2.17. The molecule has 1 atom stereocenters. The smallest absolute Gasteiger partial charge is 0.132 e. The van der Waals surface area contributed by atoms with E-state index in [2.05, 4.69) is 5.32 Å². The van der Waals surface area contributed by atoms with E-state index in [4.69, 9.17) is 16.3 Å². The van der Waals surface area contributed by atoms with Crippen LogP contribution < -0.4 is 10.1 Å². The van der Waals surface area contributed by atoms with Gasteiger partial charge in [-0.1, -0.05) is 23.7 Å². The van der Waals surface area contributed by atoms with Crippen molar-refractivity contribution in [2.45, 2.75) is 19.9 Å². The fraction of sp³-hybridized carbons (Fsp3) is 0.250. The minimum atomic E-state index is -0.298. The summed E-state index contributed by atoms with van der Waals surface area (Å²) in [5.41, 5.74) is 2.36. The molecule has 0 amide bonds. The third-order valence-electron chi connectivity index (χ3n) is 3.16. The summed E-state index contributed by atoms with van der Waals surface area (Å²) in [6.07, 6.45) is 0. The molecule has 1 N–H and O–H groups in total. The zero-order chi connectivity index (χ0) is 14.7. The predicted octanol–water partition coefficient (Wildman–Crippen LogP) is 4.97. The second-order valence-electron chi connectivity index (χ2n) is 4.71. The van der Waals surface area contributed by atoms with Gasteiger partial charge in [-0.3, -0.25) is 0 Å². The molecule has 0 aliphatic rings. The molecule has 1 unspecified atom stereocenters. The van der Waals surface area contributed by atoms with E-state index < -0.39 is 0 Å². The van der Waals surface area contributed by atoms with Crippen molar-refractivity contribution in [3.05, 3.63) is 58.4 Å². The number of methoxy groups -OCH3 is 1. The Hall–Kier alpha value is -1.74. The molecule has 0 saturated heterocycles. The lowest BCUT2D eigenvalue weighted by Gasteiger charge is -2.20. The van der Waals surface area contributed by atoms with E-state index in [1.54, 1.807) is 12.1 Å². The van der Waals surface area contributed by atoms with Crippen LogP contribution in [-0.2, 0) is 0 Å². The molecule has 0 aromatic heterocycles. The number of hydrogen-bond acceptors (Lipinski definition) is 2. The van der Waals surface area contributed by atoms with Crippen molar-refractivity contribution >= 4 is 17.3 Å². The quantitative estimate of drug-likeness (QED) is 0.859. The minimum Gasteiger partial charge on any atom is -0.496 e. The van der Waals surface area contributed by atoms with Crippen molar-refractivity contribution in [1.82, 2.24) is 0 Å². The summed E-state index contributed by atoms with van der Waals surface area (Å²) in [5, 5.41) is 3.84. The monoisotopic (exact) mass is 293 g/mol. The molecule has 2 rings (SSSR count). The number of benzene rings is 2. The van der Waals surface area contributed by atoms with Crippen molar-refractivity contribution in [2.24, 2.45) is 0 Å². The maximum absolute atomic E-state index is 14.0. The largest absolute Gasteiger partial charge is 0.496 e. The van der Waals surface area contributed by atoms with Crippen LogP contribution in [0.1, 0.15) is 24.1 Å². The Labute approximate surface area is 123 Å². The number of halogens is 2. The third-order valence-corrected chi connectivity index (χ3v) is 3.49. The van der Waals surface area contributed by atoms with Gasteiger partial charge in [0.2, 0.25) is 0 Å². The Morgan fingerprint density at radius 2 is 2.00 bits per heavy atom. The molecule has 2 aromatic carbocycles. The SMILES string of the molecule is COc1cccc(F)c1C(C)Nc1cc(C)ccc1Cl. The van der Waals surface area contributed by atoms with E-state index in [1.807, 2.05) is 32.0 Å². The summed E-state index contributed by atoms with van der Waals surface area (Å²) in [5.74, 6) is 0.224. The van der Waals surface area contributed by atoms with Gasteiger partial charge < -0.3 is 10.1 Å². The highest BCUT2D eigenvalue weighted by Crippen LogP contribution is 2.32. The Bertz CT molecular complexity index is 615. The lowest BCUT2D eigenvalue weighted by atomic mass is 10.1. The molecular weight excluding hydrogens is 277 g/mol. The van der Waals surface area contributed by atoms with E-state index >= 15 is 0 Å². The van der Waals surface area contributed by atoms with Crippen LogP contribution in [0.5, 0.6) is 5.75 Å². The summed E-state index contributed by atoms with van der Waals surface area (Å²) >= 11 is 6.15. The third kappa shape index (κ3) is 3.05. The first-order chi connectivity index (χ1) is 9.52. The number of anilines is 1. The maximum atomic E-state index is 14.0. The van der Waals surface area contributed by atoms with Crippen LogP contribution in [0.3, 0.4) is 0 Å². The van der Waals surface area contributed by atoms with Gasteiger partial charge in [0.25, 0.3) is 0 Å². The van der Waals surface area contributed by atoms with E-state index in [1.165, 1.54) is 13.2 Å². The molecule has 4 heteroatoms. The lowest BCUT2D eigenvalue weighted by molar-refractivity contribution is 0.402. The first kappa shape index (κ1) is 14.7. The molecule has 0 spiro atoms. The summed E-state index contributed by atoms with van der Waals surface area (Å²) in [6.45, 7) is 3.86. The van der Waals surface area contributed by atoms with Gasteiger partial charge in [-0.25, -0.2) is 4.39 Å². The standard InChI is InChI=1S/C16H17ClFNO/c1-10-7-8-12(17)14(9-10)19-11(2)16-13(18)5-4-6-15(16)20-3/h4-9,11,19H,1-3H3. The fourth-order valence-electron chi connectivity index (χ4n) is 2.17. The Kier molecular flexibility index (Phi) is 4.50. The van der Waals surface area contributed by atoms with Crippen LogP contribution in [-0.4, -0.2) is 7.11 Å². The highest BCUT2D eigenvalue weighted by molar-refractivity contribution is 6.33. The molecule has 0 aliphatic heterocycles. The van der Waals surface area contributed by atoms with Crippen LogP contribution in [0.15, 0.2) is 36.4 Å². The van der Waals surface area contributed by atoms with Gasteiger partial charge >= 0.3 is 0 Å². The molecule has 0 fully saturated rings. The first-order valence-electron chi connectivity index (χ1n) is 6.38. The molecule has 0 radical (unpaired) electrons. The zero-order valence-electron chi connectivity index (χ0n) is 11.7. The molecule has 2 nitrogen and oxygen atoms in total. The Morgan fingerprint density at radius 3 is 2.70 bits per heavy atom. The van der Waals surface area contributed by atoms with Crippen LogP contribution >= 0.6 is 11.6 Å². The number of ether oxygens (including phenoxy) is 1. The van der Waals surface area contributed by atoms with E-state index in [9.17, 15) is 4.39 Å². The van der Waals surface area contributed by atoms with Gasteiger partial charge in [-0.15, -0.1) is 0 Å². The highest BCUT2D eigenvalue weighted by atomic mass is 35.5. The first-order valence-corrected chi connectivity index (χ1v) is 6.76. The van der Waals surface area contributed by atoms with Crippen molar-refractivity contribution in [3.8, 4) is 5.75 Å².